The zero-order chi connectivity index (χ0) is 8.91. The second-order valence-corrected chi connectivity index (χ2v) is 2.66. The van der Waals surface area contributed by atoms with E-state index in [2.05, 4.69) is 11.2 Å². The number of nitrogens with two attached hydrogens (primary N) is 1. The van der Waals surface area contributed by atoms with Crippen LogP contribution in [0, 0.1) is 12.3 Å². The van der Waals surface area contributed by atoms with Crippen molar-refractivity contribution in [1.82, 2.24) is 5.32 Å². The molecule has 3 heteroatoms. The zero-order valence-electron chi connectivity index (χ0n) is 6.98. The highest BCUT2D eigenvalue weighted by Gasteiger charge is 2.24. The highest BCUT2D eigenvalue weighted by Crippen LogP contribution is 2.03. The average molecular weight is 154 g/mol. The molecule has 0 aliphatic heterocycles. The van der Waals surface area contributed by atoms with Crippen LogP contribution in [0.3, 0.4) is 0 Å². The Balaban J connectivity index is 3.94. The molecule has 0 radical (unpaired) electrons. The number of terminal acetylenes is 1. The normalized spacial score (nSPS) is 14.7. The number of rotatable bonds is 3. The lowest BCUT2D eigenvalue weighted by atomic mass is 10.00. The van der Waals surface area contributed by atoms with Crippen LogP contribution in [0.5, 0.6) is 0 Å². The number of nitrogens with one attached hydrogen (secondary N) is 1. The maximum absolute atomic E-state index is 11.1. The van der Waals surface area contributed by atoms with E-state index in [0.717, 1.165) is 0 Å². The molecule has 1 atom stereocenters. The molecule has 0 aliphatic rings. The van der Waals surface area contributed by atoms with Gasteiger partial charge in [0.25, 0.3) is 0 Å². The molecule has 3 nitrogen and oxygen atoms in total. The molecule has 0 aromatic heterocycles. The Morgan fingerprint density at radius 3 is 2.73 bits per heavy atom. The summed E-state index contributed by atoms with van der Waals surface area (Å²) in [4.78, 5) is 11.1. The van der Waals surface area contributed by atoms with Crippen molar-refractivity contribution in [3.05, 3.63) is 0 Å². The van der Waals surface area contributed by atoms with Gasteiger partial charge in [0.1, 0.15) is 0 Å². The van der Waals surface area contributed by atoms with Gasteiger partial charge < -0.3 is 11.1 Å². The summed E-state index contributed by atoms with van der Waals surface area (Å²) >= 11 is 0. The monoisotopic (exact) mass is 154 g/mol. The number of amides is 1. The SMILES string of the molecule is C#CCNC(=O)C(C)(N)CC. The smallest absolute Gasteiger partial charge is 0.240 e. The van der Waals surface area contributed by atoms with Crippen molar-refractivity contribution in [1.29, 1.82) is 0 Å². The second kappa shape index (κ2) is 3.99. The van der Waals surface area contributed by atoms with Gasteiger partial charge in [-0.3, -0.25) is 4.79 Å². The first kappa shape index (κ1) is 9.99. The summed E-state index contributed by atoms with van der Waals surface area (Å²) in [5.74, 6) is 2.11. The van der Waals surface area contributed by atoms with Crippen LogP contribution >= 0.6 is 0 Å². The van der Waals surface area contributed by atoms with Gasteiger partial charge in [0.2, 0.25) is 5.91 Å². The molecule has 0 heterocycles. The molecule has 0 saturated carbocycles. The van der Waals surface area contributed by atoms with E-state index in [4.69, 9.17) is 12.2 Å². The summed E-state index contributed by atoms with van der Waals surface area (Å²) < 4.78 is 0. The Morgan fingerprint density at radius 2 is 2.36 bits per heavy atom. The Kier molecular flexibility index (Phi) is 3.63. The van der Waals surface area contributed by atoms with E-state index < -0.39 is 5.54 Å². The van der Waals surface area contributed by atoms with E-state index >= 15 is 0 Å². The summed E-state index contributed by atoms with van der Waals surface area (Å²) in [7, 11) is 0. The fourth-order valence-electron chi connectivity index (χ4n) is 0.494. The lowest BCUT2D eigenvalue weighted by Crippen LogP contribution is -2.51. The Hall–Kier alpha value is -1.01. The third kappa shape index (κ3) is 3.06. The molecule has 0 saturated heterocycles. The van der Waals surface area contributed by atoms with Gasteiger partial charge in [-0.1, -0.05) is 12.8 Å². The molecule has 0 spiro atoms. The van der Waals surface area contributed by atoms with E-state index in [-0.39, 0.29) is 12.5 Å². The third-order valence-electron chi connectivity index (χ3n) is 1.60. The van der Waals surface area contributed by atoms with Crippen molar-refractivity contribution in [3.8, 4) is 12.3 Å². The standard InChI is InChI=1S/C8H14N2O/c1-4-6-10-7(11)8(3,9)5-2/h1H,5-6,9H2,2-3H3,(H,10,11). The maximum Gasteiger partial charge on any atom is 0.240 e. The number of hydrogen-bond acceptors (Lipinski definition) is 2. The summed E-state index contributed by atoms with van der Waals surface area (Å²) in [6.45, 7) is 3.78. The maximum atomic E-state index is 11.1. The molecule has 0 aliphatic carbocycles. The molecular weight excluding hydrogens is 140 g/mol. The molecule has 0 aromatic rings. The first-order valence-corrected chi connectivity index (χ1v) is 3.55. The van der Waals surface area contributed by atoms with Gasteiger partial charge in [0.05, 0.1) is 12.1 Å². The lowest BCUT2D eigenvalue weighted by molar-refractivity contribution is -0.125. The van der Waals surface area contributed by atoms with Crippen LogP contribution in [0.1, 0.15) is 20.3 Å². The van der Waals surface area contributed by atoms with Crippen LogP contribution in [-0.2, 0) is 4.79 Å². The predicted molar refractivity (Wildman–Crippen MR) is 44.7 cm³/mol. The average Bonchev–Trinajstić information content (AvgIpc) is 2.00. The molecule has 1 amide bonds. The van der Waals surface area contributed by atoms with Crippen LogP contribution in [-0.4, -0.2) is 18.0 Å². The minimum atomic E-state index is -0.795. The van der Waals surface area contributed by atoms with Crippen molar-refractivity contribution in [2.75, 3.05) is 6.54 Å². The van der Waals surface area contributed by atoms with Crippen molar-refractivity contribution >= 4 is 5.91 Å². The van der Waals surface area contributed by atoms with Gasteiger partial charge in [-0.2, -0.15) is 0 Å². The van der Waals surface area contributed by atoms with Crippen LogP contribution in [0.15, 0.2) is 0 Å². The van der Waals surface area contributed by atoms with E-state index in [1.54, 1.807) is 6.92 Å². The first-order valence-electron chi connectivity index (χ1n) is 3.55. The van der Waals surface area contributed by atoms with Gasteiger partial charge in [-0.25, -0.2) is 0 Å². The minimum absolute atomic E-state index is 0.196. The molecule has 0 bridgehead atoms. The molecule has 1 unspecified atom stereocenters. The van der Waals surface area contributed by atoms with E-state index in [0.29, 0.717) is 6.42 Å². The fraction of sp³-hybridized carbons (Fsp3) is 0.625. The topological polar surface area (TPSA) is 55.1 Å². The van der Waals surface area contributed by atoms with E-state index in [1.165, 1.54) is 0 Å². The van der Waals surface area contributed by atoms with Gasteiger partial charge >= 0.3 is 0 Å². The van der Waals surface area contributed by atoms with E-state index in [1.807, 2.05) is 6.92 Å². The van der Waals surface area contributed by atoms with E-state index in [9.17, 15) is 4.79 Å². The van der Waals surface area contributed by atoms with Crippen molar-refractivity contribution in [3.63, 3.8) is 0 Å². The molecular formula is C8H14N2O. The molecule has 62 valence electrons. The fourth-order valence-corrected chi connectivity index (χ4v) is 0.494. The number of carbonyl (C=O) groups excluding carboxylic acids is 1. The van der Waals surface area contributed by atoms with Crippen LogP contribution in [0.2, 0.25) is 0 Å². The van der Waals surface area contributed by atoms with Gasteiger partial charge in [-0.15, -0.1) is 6.42 Å². The van der Waals surface area contributed by atoms with Crippen molar-refractivity contribution < 1.29 is 4.79 Å². The molecule has 0 rings (SSSR count). The highest BCUT2D eigenvalue weighted by molar-refractivity contribution is 5.85. The quantitative estimate of drug-likeness (QED) is 0.556. The Labute approximate surface area is 67.3 Å². The number of carbonyl (C=O) groups is 1. The summed E-state index contributed by atoms with van der Waals surface area (Å²) in [5, 5.41) is 2.52. The molecule has 0 fully saturated rings. The van der Waals surface area contributed by atoms with Crippen molar-refractivity contribution in [2.24, 2.45) is 5.73 Å². The minimum Gasteiger partial charge on any atom is -0.344 e. The summed E-state index contributed by atoms with van der Waals surface area (Å²) in [6.07, 6.45) is 5.56. The first-order chi connectivity index (χ1) is 5.04. The highest BCUT2D eigenvalue weighted by atomic mass is 16.2. The van der Waals surface area contributed by atoms with Gasteiger partial charge in [0, 0.05) is 0 Å². The predicted octanol–water partition coefficient (Wildman–Crippen LogP) is -0.137. The number of hydrogen-bond donors (Lipinski definition) is 2. The molecule has 0 aromatic carbocycles. The zero-order valence-corrected chi connectivity index (χ0v) is 6.98. The van der Waals surface area contributed by atoms with Crippen LogP contribution < -0.4 is 11.1 Å². The van der Waals surface area contributed by atoms with Crippen LogP contribution in [0.25, 0.3) is 0 Å². The van der Waals surface area contributed by atoms with Gasteiger partial charge in [-0.05, 0) is 13.3 Å². The molecule has 3 N–H and O–H groups in total. The third-order valence-corrected chi connectivity index (χ3v) is 1.60. The lowest BCUT2D eigenvalue weighted by Gasteiger charge is -2.20. The van der Waals surface area contributed by atoms with Crippen LogP contribution in [0.4, 0.5) is 0 Å². The Morgan fingerprint density at radius 1 is 1.82 bits per heavy atom. The second-order valence-electron chi connectivity index (χ2n) is 2.66. The summed E-state index contributed by atoms with van der Waals surface area (Å²) in [5.41, 5.74) is 4.82. The molecule has 11 heavy (non-hydrogen) atoms. The van der Waals surface area contributed by atoms with Gasteiger partial charge in [0.15, 0.2) is 0 Å². The summed E-state index contributed by atoms with van der Waals surface area (Å²) in [6, 6.07) is 0. The largest absolute Gasteiger partial charge is 0.344 e. The Bertz CT molecular complexity index is 179. The van der Waals surface area contributed by atoms with Crippen molar-refractivity contribution in [2.45, 2.75) is 25.8 Å².